The molecule has 184 valence electrons. The van der Waals surface area contributed by atoms with Crippen LogP contribution in [0.15, 0.2) is 71.8 Å². The van der Waals surface area contributed by atoms with Gasteiger partial charge in [-0.3, -0.25) is 4.79 Å². The van der Waals surface area contributed by atoms with Gasteiger partial charge in [0.25, 0.3) is 5.91 Å². The summed E-state index contributed by atoms with van der Waals surface area (Å²) in [4.78, 5) is 22.4. The number of ether oxygens (including phenoxy) is 2. The van der Waals surface area contributed by atoms with Gasteiger partial charge in [-0.2, -0.15) is 9.78 Å². The van der Waals surface area contributed by atoms with Crippen molar-refractivity contribution >= 4 is 28.7 Å². The van der Waals surface area contributed by atoms with Crippen molar-refractivity contribution in [2.75, 3.05) is 6.61 Å². The van der Waals surface area contributed by atoms with Gasteiger partial charge >= 0.3 is 5.82 Å². The first-order valence-electron chi connectivity index (χ1n) is 11.3. The van der Waals surface area contributed by atoms with E-state index in [2.05, 4.69) is 33.8 Å². The van der Waals surface area contributed by atoms with Crippen molar-refractivity contribution in [2.45, 2.75) is 27.0 Å². The third-order valence-corrected chi connectivity index (χ3v) is 5.38. The lowest BCUT2D eigenvalue weighted by Gasteiger charge is -2.13. The van der Waals surface area contributed by atoms with E-state index in [1.54, 1.807) is 25.1 Å². The number of hydrogen-bond acceptors (Lipinski definition) is 7. The number of aryl methyl sites for hydroxylation is 1. The average molecular weight is 488 g/mol. The number of nitro groups is 1. The van der Waals surface area contributed by atoms with Crippen LogP contribution < -0.4 is 14.9 Å². The molecule has 1 heterocycles. The van der Waals surface area contributed by atoms with Crippen molar-refractivity contribution in [3.8, 4) is 11.5 Å². The predicted molar refractivity (Wildman–Crippen MR) is 135 cm³/mol. The highest BCUT2D eigenvalue weighted by Crippen LogP contribution is 2.30. The molecule has 0 unspecified atom stereocenters. The number of hydrogen-bond donors (Lipinski definition) is 1. The minimum Gasteiger partial charge on any atom is -0.490 e. The molecular weight excluding hydrogens is 462 g/mol. The fourth-order valence-electron chi connectivity index (χ4n) is 3.66. The molecule has 1 amide bonds. The Kier molecular flexibility index (Phi) is 7.54. The normalized spacial score (nSPS) is 11.1. The molecule has 0 saturated heterocycles. The maximum atomic E-state index is 12.2. The van der Waals surface area contributed by atoms with Gasteiger partial charge < -0.3 is 19.6 Å². The van der Waals surface area contributed by atoms with Crippen LogP contribution in [-0.4, -0.2) is 33.4 Å². The van der Waals surface area contributed by atoms with Crippen molar-refractivity contribution < 1.29 is 19.2 Å². The van der Waals surface area contributed by atoms with Gasteiger partial charge in [0.2, 0.25) is 0 Å². The summed E-state index contributed by atoms with van der Waals surface area (Å²) in [6, 6.07) is 20.9. The van der Waals surface area contributed by atoms with Crippen LogP contribution in [0.25, 0.3) is 10.8 Å². The number of amides is 1. The van der Waals surface area contributed by atoms with Crippen molar-refractivity contribution in [3.05, 3.63) is 93.7 Å². The molecule has 3 aromatic carbocycles. The van der Waals surface area contributed by atoms with E-state index in [-0.39, 0.29) is 12.4 Å². The van der Waals surface area contributed by atoms with Crippen LogP contribution in [0.2, 0.25) is 0 Å². The highest BCUT2D eigenvalue weighted by atomic mass is 16.6. The van der Waals surface area contributed by atoms with E-state index >= 15 is 0 Å². The van der Waals surface area contributed by atoms with Gasteiger partial charge in [-0.1, -0.05) is 42.5 Å². The second-order valence-corrected chi connectivity index (χ2v) is 7.92. The van der Waals surface area contributed by atoms with Crippen molar-refractivity contribution in [1.82, 2.24) is 15.2 Å². The molecule has 36 heavy (non-hydrogen) atoms. The molecule has 10 nitrogen and oxygen atoms in total. The Balaban J connectivity index is 1.40. The minimum atomic E-state index is -0.606. The molecule has 0 saturated carbocycles. The standard InChI is InChI=1S/C26H25N5O5/c1-3-35-24-14-19(15-27-28-26(32)16-30-18(2)13-25(29-30)31(33)34)11-12-23(24)36-17-21-9-6-8-20-7-4-5-10-22(20)21/h4-15H,3,16-17H2,1-2H3,(H,28,32). The third-order valence-electron chi connectivity index (χ3n) is 5.38. The number of hydrazone groups is 1. The fraction of sp³-hybridized carbons (Fsp3) is 0.192. The van der Waals surface area contributed by atoms with Crippen LogP contribution in [0.3, 0.4) is 0 Å². The van der Waals surface area contributed by atoms with E-state index in [0.29, 0.717) is 36.0 Å². The van der Waals surface area contributed by atoms with E-state index in [4.69, 9.17) is 9.47 Å². The summed E-state index contributed by atoms with van der Waals surface area (Å²) in [5.74, 6) is 0.386. The summed E-state index contributed by atoms with van der Waals surface area (Å²) in [5, 5.41) is 20.9. The van der Waals surface area contributed by atoms with Crippen LogP contribution in [0.4, 0.5) is 5.82 Å². The molecule has 0 bridgehead atoms. The number of nitrogens with zero attached hydrogens (tertiary/aromatic N) is 4. The molecule has 0 fully saturated rings. The molecule has 1 N–H and O–H groups in total. The molecule has 0 atom stereocenters. The van der Waals surface area contributed by atoms with Crippen LogP contribution in [0, 0.1) is 17.0 Å². The van der Waals surface area contributed by atoms with E-state index in [1.807, 2.05) is 31.2 Å². The lowest BCUT2D eigenvalue weighted by Crippen LogP contribution is -2.24. The zero-order valence-corrected chi connectivity index (χ0v) is 19.9. The molecule has 4 aromatic rings. The van der Waals surface area contributed by atoms with Crippen molar-refractivity contribution in [2.24, 2.45) is 5.10 Å². The summed E-state index contributed by atoms with van der Waals surface area (Å²) in [6.07, 6.45) is 1.48. The Morgan fingerprint density at radius 2 is 1.92 bits per heavy atom. The summed E-state index contributed by atoms with van der Waals surface area (Å²) in [6.45, 7) is 4.17. The summed E-state index contributed by atoms with van der Waals surface area (Å²) >= 11 is 0. The molecule has 0 spiro atoms. The molecule has 0 radical (unpaired) electrons. The molecule has 4 rings (SSSR count). The van der Waals surface area contributed by atoms with Crippen LogP contribution in [0.5, 0.6) is 11.5 Å². The highest BCUT2D eigenvalue weighted by Gasteiger charge is 2.17. The predicted octanol–water partition coefficient (Wildman–Crippen LogP) is 4.38. The quantitative estimate of drug-likeness (QED) is 0.201. The van der Waals surface area contributed by atoms with E-state index in [9.17, 15) is 14.9 Å². The number of carbonyl (C=O) groups is 1. The summed E-state index contributed by atoms with van der Waals surface area (Å²) < 4.78 is 13.1. The number of benzene rings is 3. The third kappa shape index (κ3) is 5.84. The average Bonchev–Trinajstić information content (AvgIpc) is 3.24. The van der Waals surface area contributed by atoms with Gasteiger partial charge in [0.15, 0.2) is 11.5 Å². The van der Waals surface area contributed by atoms with Gasteiger partial charge in [0.05, 0.1) is 29.7 Å². The first-order valence-corrected chi connectivity index (χ1v) is 11.3. The lowest BCUT2D eigenvalue weighted by atomic mass is 10.1. The van der Waals surface area contributed by atoms with Crippen LogP contribution >= 0.6 is 0 Å². The number of rotatable bonds is 10. The van der Waals surface area contributed by atoms with E-state index < -0.39 is 10.8 Å². The minimum absolute atomic E-state index is 0.192. The molecule has 1 aromatic heterocycles. The zero-order chi connectivity index (χ0) is 25.5. The Morgan fingerprint density at radius 1 is 1.11 bits per heavy atom. The first kappa shape index (κ1) is 24.4. The van der Waals surface area contributed by atoms with E-state index in [0.717, 1.165) is 16.3 Å². The van der Waals surface area contributed by atoms with E-state index in [1.165, 1.54) is 17.0 Å². The molecular formula is C26H25N5O5. The molecule has 0 aliphatic carbocycles. The first-order chi connectivity index (χ1) is 17.4. The van der Waals surface area contributed by atoms with Gasteiger partial charge in [-0.15, -0.1) is 0 Å². The Morgan fingerprint density at radius 3 is 2.69 bits per heavy atom. The smallest absolute Gasteiger partial charge is 0.390 e. The van der Waals surface area contributed by atoms with Crippen molar-refractivity contribution in [3.63, 3.8) is 0 Å². The largest absolute Gasteiger partial charge is 0.490 e. The van der Waals surface area contributed by atoms with Gasteiger partial charge in [-0.25, -0.2) is 5.43 Å². The molecule has 0 aliphatic rings. The SMILES string of the molecule is CCOc1cc(C=NNC(=O)Cn2nc([N+](=O)[O-])cc2C)ccc1OCc1cccc2ccccc12. The molecule has 10 heteroatoms. The second kappa shape index (κ2) is 11.1. The number of fused-ring (bicyclic) bond motifs is 1. The van der Waals surface area contributed by atoms with Crippen LogP contribution in [-0.2, 0) is 17.9 Å². The van der Waals surface area contributed by atoms with Gasteiger partial charge in [0.1, 0.15) is 13.2 Å². The summed E-state index contributed by atoms with van der Waals surface area (Å²) in [7, 11) is 0. The lowest BCUT2D eigenvalue weighted by molar-refractivity contribution is -0.389. The maximum absolute atomic E-state index is 12.2. The zero-order valence-electron chi connectivity index (χ0n) is 19.9. The maximum Gasteiger partial charge on any atom is 0.390 e. The Hall–Kier alpha value is -4.73. The highest BCUT2D eigenvalue weighted by molar-refractivity contribution is 5.85. The topological polar surface area (TPSA) is 121 Å². The summed E-state index contributed by atoms with van der Waals surface area (Å²) in [5.41, 5.74) is 4.67. The Bertz CT molecular complexity index is 1420. The molecule has 0 aliphatic heterocycles. The monoisotopic (exact) mass is 487 g/mol. The fourth-order valence-corrected chi connectivity index (χ4v) is 3.66. The van der Waals surface area contributed by atoms with Gasteiger partial charge in [-0.05, 0) is 58.9 Å². The Labute approximate surface area is 207 Å². The number of nitrogens with one attached hydrogen (secondary N) is 1. The van der Waals surface area contributed by atoms with Crippen molar-refractivity contribution in [1.29, 1.82) is 0 Å². The van der Waals surface area contributed by atoms with Gasteiger partial charge in [0, 0.05) is 0 Å². The number of carbonyl (C=O) groups excluding carboxylic acids is 1. The number of aromatic nitrogens is 2. The second-order valence-electron chi connectivity index (χ2n) is 7.92. The van der Waals surface area contributed by atoms with Crippen LogP contribution in [0.1, 0.15) is 23.7 Å².